The van der Waals surface area contributed by atoms with E-state index in [2.05, 4.69) is 0 Å². The maximum atomic E-state index is 13.2. The van der Waals surface area contributed by atoms with Gasteiger partial charge in [0.2, 0.25) is 6.79 Å². The van der Waals surface area contributed by atoms with Crippen LogP contribution in [-0.4, -0.2) is 32.3 Å². The predicted molar refractivity (Wildman–Crippen MR) is 98.0 cm³/mol. The van der Waals surface area contributed by atoms with Gasteiger partial charge in [-0.1, -0.05) is 13.0 Å². The van der Waals surface area contributed by atoms with Crippen molar-refractivity contribution in [3.63, 3.8) is 0 Å². The number of carbonyl (C=O) groups is 2. The first-order valence-electron chi connectivity index (χ1n) is 9.07. The molecule has 0 N–H and O–H groups in total. The molecular formula is C21H20O7. The lowest BCUT2D eigenvalue weighted by Crippen LogP contribution is -2.37. The molecule has 0 bridgehead atoms. The summed E-state index contributed by atoms with van der Waals surface area (Å²) in [5.41, 5.74) is 0.936. The predicted octanol–water partition coefficient (Wildman–Crippen LogP) is 3.31. The Hall–Kier alpha value is -3.22. The Balaban J connectivity index is 1.73. The van der Waals surface area contributed by atoms with Crippen molar-refractivity contribution in [3.8, 4) is 23.0 Å². The molecule has 28 heavy (non-hydrogen) atoms. The maximum absolute atomic E-state index is 13.2. The van der Waals surface area contributed by atoms with Crippen molar-refractivity contribution >= 4 is 11.8 Å². The number of hydrogen-bond acceptors (Lipinski definition) is 7. The Morgan fingerprint density at radius 3 is 2.68 bits per heavy atom. The van der Waals surface area contributed by atoms with Crippen LogP contribution in [0.25, 0.3) is 0 Å². The van der Waals surface area contributed by atoms with Gasteiger partial charge in [-0.3, -0.25) is 9.59 Å². The van der Waals surface area contributed by atoms with Gasteiger partial charge in [0.25, 0.3) is 0 Å². The van der Waals surface area contributed by atoms with E-state index in [1.165, 1.54) is 7.11 Å². The number of hydrogen-bond donors (Lipinski definition) is 0. The van der Waals surface area contributed by atoms with E-state index >= 15 is 0 Å². The number of benzene rings is 2. The summed E-state index contributed by atoms with van der Waals surface area (Å²) in [6, 6.07) is 10.3. The van der Waals surface area contributed by atoms with E-state index in [1.807, 2.05) is 6.92 Å². The first-order valence-corrected chi connectivity index (χ1v) is 9.07. The molecule has 0 saturated carbocycles. The van der Waals surface area contributed by atoms with Crippen LogP contribution in [0.1, 0.15) is 35.4 Å². The van der Waals surface area contributed by atoms with Gasteiger partial charge in [0.05, 0.1) is 19.3 Å². The van der Waals surface area contributed by atoms with Crippen molar-refractivity contribution in [1.82, 2.24) is 0 Å². The number of fused-ring (bicyclic) bond motifs is 2. The summed E-state index contributed by atoms with van der Waals surface area (Å²) in [6.45, 7) is 2.66. The quantitative estimate of drug-likeness (QED) is 0.578. The van der Waals surface area contributed by atoms with E-state index in [0.29, 0.717) is 40.7 Å². The van der Waals surface area contributed by atoms with Gasteiger partial charge < -0.3 is 23.7 Å². The second kappa shape index (κ2) is 7.42. The minimum Gasteiger partial charge on any atom is -0.494 e. The molecule has 2 heterocycles. The lowest BCUT2D eigenvalue weighted by atomic mass is 9.85. The fraction of sp³-hybridized carbons (Fsp3) is 0.333. The highest BCUT2D eigenvalue weighted by Gasteiger charge is 2.44. The molecule has 7 heteroatoms. The number of methoxy groups -OCH3 is 1. The van der Waals surface area contributed by atoms with Crippen LogP contribution < -0.4 is 18.9 Å². The Labute approximate surface area is 162 Å². The van der Waals surface area contributed by atoms with Crippen LogP contribution in [0.2, 0.25) is 0 Å². The first kappa shape index (κ1) is 18.2. The number of ether oxygens (including phenoxy) is 5. The average molecular weight is 384 g/mol. The van der Waals surface area contributed by atoms with Crippen LogP contribution in [0.15, 0.2) is 36.4 Å². The highest BCUT2D eigenvalue weighted by Crippen LogP contribution is 2.43. The van der Waals surface area contributed by atoms with Crippen LogP contribution >= 0.6 is 0 Å². The minimum absolute atomic E-state index is 0.132. The Bertz CT molecular complexity index is 921. The van der Waals surface area contributed by atoms with Crippen LogP contribution in [0.3, 0.4) is 0 Å². The van der Waals surface area contributed by atoms with E-state index in [4.69, 9.17) is 23.7 Å². The molecular weight excluding hydrogens is 364 g/mol. The van der Waals surface area contributed by atoms with Crippen LogP contribution in [0, 0.1) is 5.92 Å². The molecule has 0 radical (unpaired) electrons. The molecule has 2 atom stereocenters. The molecule has 0 saturated heterocycles. The fourth-order valence-electron chi connectivity index (χ4n) is 3.33. The van der Waals surface area contributed by atoms with E-state index in [1.54, 1.807) is 36.4 Å². The third-order valence-electron chi connectivity index (χ3n) is 4.71. The normalized spacial score (nSPS) is 19.6. The second-order valence-corrected chi connectivity index (χ2v) is 6.52. The van der Waals surface area contributed by atoms with Gasteiger partial charge >= 0.3 is 5.97 Å². The highest BCUT2D eigenvalue weighted by molar-refractivity contribution is 6.11. The van der Waals surface area contributed by atoms with Crippen molar-refractivity contribution < 1.29 is 33.3 Å². The summed E-state index contributed by atoms with van der Waals surface area (Å²) in [4.78, 5) is 25.6. The Kier molecular flexibility index (Phi) is 4.81. The van der Waals surface area contributed by atoms with E-state index < -0.39 is 18.0 Å². The molecule has 4 rings (SSSR count). The third kappa shape index (κ3) is 3.13. The number of Topliss-reactive ketones (excluding diaryl/α,β-unsaturated/α-hetero) is 1. The molecule has 0 fully saturated rings. The standard InChI is InChI=1S/C21H20O7/c1-3-8-25-13-5-7-15-14(10-13)19(22)18(21(23)24-2)20(28-15)12-4-6-16-17(9-12)27-11-26-16/h4-7,9-10,18,20H,3,8,11H2,1-2H3/t18-,20+/m0/s1. The third-order valence-corrected chi connectivity index (χ3v) is 4.71. The molecule has 2 aromatic carbocycles. The van der Waals surface area contributed by atoms with Crippen molar-refractivity contribution in [2.75, 3.05) is 20.5 Å². The van der Waals surface area contributed by atoms with Gasteiger partial charge in [-0.2, -0.15) is 0 Å². The number of carbonyl (C=O) groups excluding carboxylic acids is 2. The molecule has 2 aromatic rings. The van der Waals surface area contributed by atoms with Gasteiger partial charge in [-0.15, -0.1) is 0 Å². The summed E-state index contributed by atoms with van der Waals surface area (Å²) >= 11 is 0. The first-order chi connectivity index (χ1) is 13.6. The van der Waals surface area contributed by atoms with Gasteiger partial charge in [0, 0.05) is 0 Å². The summed E-state index contributed by atoms with van der Waals surface area (Å²) in [5, 5.41) is 0. The monoisotopic (exact) mass is 384 g/mol. The highest BCUT2D eigenvalue weighted by atomic mass is 16.7. The molecule has 0 amide bonds. The molecule has 2 aliphatic rings. The molecule has 146 valence electrons. The Morgan fingerprint density at radius 2 is 1.89 bits per heavy atom. The zero-order chi connectivity index (χ0) is 19.7. The lowest BCUT2D eigenvalue weighted by Gasteiger charge is -2.31. The van der Waals surface area contributed by atoms with Gasteiger partial charge in [0.15, 0.2) is 23.2 Å². The fourth-order valence-corrected chi connectivity index (χ4v) is 3.33. The van der Waals surface area contributed by atoms with Crippen molar-refractivity contribution in [2.24, 2.45) is 5.92 Å². The van der Waals surface area contributed by atoms with Crippen LogP contribution in [-0.2, 0) is 9.53 Å². The summed E-state index contributed by atoms with van der Waals surface area (Å²) in [7, 11) is 1.25. The minimum atomic E-state index is -1.13. The number of rotatable bonds is 5. The summed E-state index contributed by atoms with van der Waals surface area (Å²) < 4.78 is 27.3. The summed E-state index contributed by atoms with van der Waals surface area (Å²) in [5.74, 6) is -0.0283. The van der Waals surface area contributed by atoms with Crippen LogP contribution in [0.4, 0.5) is 0 Å². The van der Waals surface area contributed by atoms with E-state index in [9.17, 15) is 9.59 Å². The SMILES string of the molecule is CCCOc1ccc2c(c1)C(=O)[C@H](C(=O)OC)[C@@H](c1ccc3c(c1)OCO3)O2. The van der Waals surface area contributed by atoms with Crippen LogP contribution in [0.5, 0.6) is 23.0 Å². The number of esters is 1. The van der Waals surface area contributed by atoms with Crippen molar-refractivity contribution in [2.45, 2.75) is 19.4 Å². The molecule has 0 aliphatic carbocycles. The zero-order valence-electron chi connectivity index (χ0n) is 15.6. The van der Waals surface area contributed by atoms with Crippen molar-refractivity contribution in [3.05, 3.63) is 47.5 Å². The van der Waals surface area contributed by atoms with E-state index in [-0.39, 0.29) is 12.6 Å². The smallest absolute Gasteiger partial charge is 0.320 e. The van der Waals surface area contributed by atoms with E-state index in [0.717, 1.165) is 6.42 Å². The lowest BCUT2D eigenvalue weighted by molar-refractivity contribution is -0.146. The zero-order valence-corrected chi connectivity index (χ0v) is 15.6. The molecule has 7 nitrogen and oxygen atoms in total. The van der Waals surface area contributed by atoms with Gasteiger partial charge in [-0.25, -0.2) is 0 Å². The van der Waals surface area contributed by atoms with Gasteiger partial charge in [-0.05, 0) is 42.3 Å². The maximum Gasteiger partial charge on any atom is 0.320 e. The topological polar surface area (TPSA) is 80.3 Å². The molecule has 0 spiro atoms. The summed E-state index contributed by atoms with van der Waals surface area (Å²) in [6.07, 6.45) is 0.0164. The molecule has 2 aliphatic heterocycles. The molecule has 0 unspecified atom stereocenters. The average Bonchev–Trinajstić information content (AvgIpc) is 3.19. The number of ketones is 1. The Morgan fingerprint density at radius 1 is 1.11 bits per heavy atom. The van der Waals surface area contributed by atoms with Gasteiger partial charge in [0.1, 0.15) is 17.6 Å². The largest absolute Gasteiger partial charge is 0.494 e. The molecule has 0 aromatic heterocycles. The van der Waals surface area contributed by atoms with Crippen molar-refractivity contribution in [1.29, 1.82) is 0 Å². The second-order valence-electron chi connectivity index (χ2n) is 6.52.